The number of H-pyrrole nitrogens is 1. The van der Waals surface area contributed by atoms with E-state index in [1.54, 1.807) is 11.6 Å². The van der Waals surface area contributed by atoms with E-state index in [1.165, 1.54) is 18.1 Å². The van der Waals surface area contributed by atoms with E-state index in [-0.39, 0.29) is 5.56 Å². The SMILES string of the molecule is CSc1nc2nc[nH]c(=O)c2n1C. The molecular weight excluding hydrogens is 188 g/mol. The zero-order valence-corrected chi connectivity index (χ0v) is 8.05. The maximum Gasteiger partial charge on any atom is 0.276 e. The average Bonchev–Trinajstić information content (AvgIpc) is 2.44. The van der Waals surface area contributed by atoms with E-state index in [2.05, 4.69) is 15.0 Å². The molecule has 0 atom stereocenters. The minimum atomic E-state index is -0.152. The maximum atomic E-state index is 11.4. The molecule has 0 fully saturated rings. The maximum absolute atomic E-state index is 11.4. The van der Waals surface area contributed by atoms with Crippen molar-refractivity contribution in [3.05, 3.63) is 16.7 Å². The first-order valence-electron chi connectivity index (χ1n) is 3.68. The van der Waals surface area contributed by atoms with Crippen molar-refractivity contribution in [1.29, 1.82) is 0 Å². The van der Waals surface area contributed by atoms with Crippen LogP contribution in [0.15, 0.2) is 16.3 Å². The fourth-order valence-corrected chi connectivity index (χ4v) is 1.75. The molecule has 2 heterocycles. The van der Waals surface area contributed by atoms with Gasteiger partial charge in [-0.1, -0.05) is 11.8 Å². The van der Waals surface area contributed by atoms with Crippen molar-refractivity contribution in [2.75, 3.05) is 6.26 Å². The van der Waals surface area contributed by atoms with Crippen LogP contribution in [0.25, 0.3) is 11.2 Å². The second-order valence-electron chi connectivity index (χ2n) is 2.56. The summed E-state index contributed by atoms with van der Waals surface area (Å²) in [7, 11) is 1.80. The van der Waals surface area contributed by atoms with Gasteiger partial charge in [-0.25, -0.2) is 9.97 Å². The lowest BCUT2D eigenvalue weighted by Gasteiger charge is -1.94. The van der Waals surface area contributed by atoms with E-state index >= 15 is 0 Å². The number of nitrogens with one attached hydrogen (secondary N) is 1. The van der Waals surface area contributed by atoms with E-state index < -0.39 is 0 Å². The lowest BCUT2D eigenvalue weighted by molar-refractivity contribution is 0.813. The number of rotatable bonds is 1. The predicted octanol–water partition coefficient (Wildman–Crippen LogP) is 0.378. The highest BCUT2D eigenvalue weighted by atomic mass is 32.2. The van der Waals surface area contributed by atoms with Gasteiger partial charge in [0.2, 0.25) is 0 Å². The van der Waals surface area contributed by atoms with Crippen LogP contribution in [0, 0.1) is 0 Å². The molecule has 0 aliphatic rings. The van der Waals surface area contributed by atoms with E-state index in [0.717, 1.165) is 5.16 Å². The third-order valence-electron chi connectivity index (χ3n) is 1.82. The molecule has 1 N–H and O–H groups in total. The summed E-state index contributed by atoms with van der Waals surface area (Å²) in [5.74, 6) is 0. The third kappa shape index (κ3) is 1.14. The molecule has 0 spiro atoms. The Balaban J connectivity index is 2.93. The molecule has 2 aromatic rings. The number of aromatic amines is 1. The van der Waals surface area contributed by atoms with Crippen LogP contribution in [0.2, 0.25) is 0 Å². The molecule has 0 saturated heterocycles. The van der Waals surface area contributed by atoms with Crippen molar-refractivity contribution >= 4 is 22.9 Å². The highest BCUT2D eigenvalue weighted by Crippen LogP contribution is 2.15. The van der Waals surface area contributed by atoms with Gasteiger partial charge in [0.05, 0.1) is 6.33 Å². The van der Waals surface area contributed by atoms with Gasteiger partial charge < -0.3 is 9.55 Å². The number of imidazole rings is 1. The average molecular weight is 196 g/mol. The molecule has 5 nitrogen and oxygen atoms in total. The van der Waals surface area contributed by atoms with Crippen LogP contribution >= 0.6 is 11.8 Å². The largest absolute Gasteiger partial charge is 0.316 e. The summed E-state index contributed by atoms with van der Waals surface area (Å²) in [6.07, 6.45) is 3.27. The number of aryl methyl sites for hydroxylation is 1. The zero-order valence-electron chi connectivity index (χ0n) is 7.24. The molecule has 0 aliphatic heterocycles. The number of aromatic nitrogens is 4. The first-order chi connectivity index (χ1) is 6.24. The molecular formula is C7H8N4OS. The van der Waals surface area contributed by atoms with Crippen molar-refractivity contribution in [2.24, 2.45) is 7.05 Å². The number of hydrogen-bond acceptors (Lipinski definition) is 4. The third-order valence-corrected chi connectivity index (χ3v) is 2.55. The molecule has 2 aromatic heterocycles. The Kier molecular flexibility index (Phi) is 1.84. The number of hydrogen-bond donors (Lipinski definition) is 1. The molecule has 0 aromatic carbocycles. The second kappa shape index (κ2) is 2.88. The second-order valence-corrected chi connectivity index (χ2v) is 3.33. The van der Waals surface area contributed by atoms with Gasteiger partial charge >= 0.3 is 0 Å². The standard InChI is InChI=1S/C7H8N4OS/c1-11-4-5(10-7(11)13-2)8-3-9-6(4)12/h3H,1-2H3,(H,8,9,12). The van der Waals surface area contributed by atoms with Crippen LogP contribution in [0.3, 0.4) is 0 Å². The zero-order chi connectivity index (χ0) is 9.42. The molecule has 0 amide bonds. The van der Waals surface area contributed by atoms with Crippen molar-refractivity contribution < 1.29 is 0 Å². The van der Waals surface area contributed by atoms with Gasteiger partial charge in [0.15, 0.2) is 16.3 Å². The Morgan fingerprint density at radius 1 is 1.62 bits per heavy atom. The molecule has 0 unspecified atom stereocenters. The lowest BCUT2D eigenvalue weighted by Crippen LogP contribution is -2.09. The Labute approximate surface area is 78.2 Å². The Hall–Kier alpha value is -1.30. The van der Waals surface area contributed by atoms with Gasteiger partial charge in [0, 0.05) is 7.05 Å². The molecule has 13 heavy (non-hydrogen) atoms. The molecule has 0 saturated carbocycles. The van der Waals surface area contributed by atoms with Gasteiger partial charge in [-0.05, 0) is 6.26 Å². The van der Waals surface area contributed by atoms with E-state index in [4.69, 9.17) is 0 Å². The van der Waals surface area contributed by atoms with Gasteiger partial charge in [0.25, 0.3) is 5.56 Å². The van der Waals surface area contributed by atoms with E-state index in [0.29, 0.717) is 11.2 Å². The summed E-state index contributed by atoms with van der Waals surface area (Å²) in [6.45, 7) is 0. The Morgan fingerprint density at radius 3 is 3.00 bits per heavy atom. The highest BCUT2D eigenvalue weighted by molar-refractivity contribution is 7.98. The fourth-order valence-electron chi connectivity index (χ4n) is 1.21. The molecule has 0 bridgehead atoms. The quantitative estimate of drug-likeness (QED) is 0.670. The number of fused-ring (bicyclic) bond motifs is 1. The summed E-state index contributed by atoms with van der Waals surface area (Å²) in [5.41, 5.74) is 0.864. The molecule has 0 aliphatic carbocycles. The van der Waals surface area contributed by atoms with Crippen LogP contribution in [-0.4, -0.2) is 25.8 Å². The van der Waals surface area contributed by atoms with Gasteiger partial charge in [-0.2, -0.15) is 0 Å². The Bertz CT molecular complexity index is 501. The van der Waals surface area contributed by atoms with Crippen LogP contribution in [0.4, 0.5) is 0 Å². The molecule has 68 valence electrons. The fraction of sp³-hybridized carbons (Fsp3) is 0.286. The van der Waals surface area contributed by atoms with Gasteiger partial charge in [-0.3, -0.25) is 4.79 Å². The summed E-state index contributed by atoms with van der Waals surface area (Å²) >= 11 is 1.49. The topological polar surface area (TPSA) is 63.6 Å². The van der Waals surface area contributed by atoms with E-state index in [1.807, 2.05) is 6.26 Å². The minimum absolute atomic E-state index is 0.152. The molecule has 0 radical (unpaired) electrons. The van der Waals surface area contributed by atoms with Crippen LogP contribution in [0.1, 0.15) is 0 Å². The smallest absolute Gasteiger partial charge is 0.276 e. The normalized spacial score (nSPS) is 10.9. The number of thioether (sulfide) groups is 1. The van der Waals surface area contributed by atoms with Crippen LogP contribution in [0.5, 0.6) is 0 Å². The summed E-state index contributed by atoms with van der Waals surface area (Å²) < 4.78 is 1.74. The first kappa shape index (κ1) is 8.31. The first-order valence-corrected chi connectivity index (χ1v) is 4.90. The van der Waals surface area contributed by atoms with E-state index in [9.17, 15) is 4.79 Å². The van der Waals surface area contributed by atoms with Crippen molar-refractivity contribution in [3.63, 3.8) is 0 Å². The lowest BCUT2D eigenvalue weighted by atomic mass is 10.5. The van der Waals surface area contributed by atoms with Gasteiger partial charge in [-0.15, -0.1) is 0 Å². The van der Waals surface area contributed by atoms with Crippen molar-refractivity contribution in [1.82, 2.24) is 19.5 Å². The summed E-state index contributed by atoms with van der Waals surface area (Å²) in [6, 6.07) is 0. The highest BCUT2D eigenvalue weighted by Gasteiger charge is 2.09. The van der Waals surface area contributed by atoms with Crippen LogP contribution < -0.4 is 5.56 Å². The Morgan fingerprint density at radius 2 is 2.38 bits per heavy atom. The monoisotopic (exact) mass is 196 g/mol. The molecule has 6 heteroatoms. The molecule has 2 rings (SSSR count). The van der Waals surface area contributed by atoms with Crippen molar-refractivity contribution in [3.8, 4) is 0 Å². The minimum Gasteiger partial charge on any atom is -0.316 e. The van der Waals surface area contributed by atoms with Gasteiger partial charge in [0.1, 0.15) is 0 Å². The summed E-state index contributed by atoms with van der Waals surface area (Å²) in [4.78, 5) is 22.0. The summed E-state index contributed by atoms with van der Waals surface area (Å²) in [5, 5.41) is 0.791. The van der Waals surface area contributed by atoms with Crippen LogP contribution in [-0.2, 0) is 7.05 Å². The van der Waals surface area contributed by atoms with Crippen molar-refractivity contribution in [2.45, 2.75) is 5.16 Å². The number of nitrogens with zero attached hydrogens (tertiary/aromatic N) is 3. The predicted molar refractivity (Wildman–Crippen MR) is 50.9 cm³/mol.